The lowest BCUT2D eigenvalue weighted by Gasteiger charge is -2.23. The van der Waals surface area contributed by atoms with Crippen LogP contribution in [-0.2, 0) is 17.9 Å². The molecule has 0 aromatic heterocycles. The molecule has 1 aliphatic heterocycles. The van der Waals surface area contributed by atoms with Gasteiger partial charge in [0.25, 0.3) is 0 Å². The summed E-state index contributed by atoms with van der Waals surface area (Å²) in [4.78, 5) is 14.8. The van der Waals surface area contributed by atoms with Crippen LogP contribution in [0, 0.1) is 6.92 Å². The van der Waals surface area contributed by atoms with Gasteiger partial charge in [0.15, 0.2) is 0 Å². The van der Waals surface area contributed by atoms with Crippen LogP contribution in [0.2, 0.25) is 5.02 Å². The lowest BCUT2D eigenvalue weighted by molar-refractivity contribution is -0.125. The van der Waals surface area contributed by atoms with Crippen LogP contribution in [0.4, 0.5) is 0 Å². The minimum atomic E-state index is -0.128. The van der Waals surface area contributed by atoms with Crippen molar-refractivity contribution in [3.63, 3.8) is 0 Å². The van der Waals surface area contributed by atoms with Gasteiger partial charge in [-0.25, -0.2) is 0 Å². The van der Waals surface area contributed by atoms with Gasteiger partial charge in [-0.1, -0.05) is 59.6 Å². The molecule has 1 amide bonds. The van der Waals surface area contributed by atoms with E-state index in [4.69, 9.17) is 11.6 Å². The highest BCUT2D eigenvalue weighted by molar-refractivity contribution is 6.31. The van der Waals surface area contributed by atoms with Gasteiger partial charge in [-0.05, 0) is 37.5 Å². The molecule has 2 aromatic carbocycles. The first-order valence-corrected chi connectivity index (χ1v) is 9.98. The smallest absolute Gasteiger partial charge is 0.237 e. The zero-order valence-corrected chi connectivity index (χ0v) is 16.8. The topological polar surface area (TPSA) is 44.4 Å². The Kier molecular flexibility index (Phi) is 6.89. The molecule has 27 heavy (non-hydrogen) atoms. The van der Waals surface area contributed by atoms with Crippen molar-refractivity contribution in [3.8, 4) is 0 Å². The number of rotatable bonds is 7. The molecule has 0 saturated carbocycles. The highest BCUT2D eigenvalue weighted by Crippen LogP contribution is 2.24. The molecule has 0 aliphatic carbocycles. The van der Waals surface area contributed by atoms with E-state index in [2.05, 4.69) is 46.7 Å². The molecule has 2 N–H and O–H groups in total. The van der Waals surface area contributed by atoms with Gasteiger partial charge in [-0.2, -0.15) is 0 Å². The Morgan fingerprint density at radius 3 is 2.78 bits per heavy atom. The molecule has 0 unspecified atom stereocenters. The number of hydrogen-bond acceptors (Lipinski definition) is 3. The lowest BCUT2D eigenvalue weighted by atomic mass is 10.1. The van der Waals surface area contributed by atoms with Crippen molar-refractivity contribution in [1.82, 2.24) is 15.5 Å². The summed E-state index contributed by atoms with van der Waals surface area (Å²) in [6, 6.07) is 16.5. The van der Waals surface area contributed by atoms with Crippen LogP contribution < -0.4 is 10.6 Å². The number of aryl methyl sites for hydroxylation is 1. The third kappa shape index (κ3) is 5.32. The van der Waals surface area contributed by atoms with Crippen molar-refractivity contribution in [1.29, 1.82) is 0 Å². The zero-order chi connectivity index (χ0) is 19.2. The van der Waals surface area contributed by atoms with Crippen LogP contribution in [0.3, 0.4) is 0 Å². The Morgan fingerprint density at radius 1 is 1.22 bits per heavy atom. The predicted octanol–water partition coefficient (Wildman–Crippen LogP) is 3.52. The van der Waals surface area contributed by atoms with Crippen LogP contribution in [0.25, 0.3) is 0 Å². The first-order valence-electron chi connectivity index (χ1n) is 9.61. The van der Waals surface area contributed by atoms with Gasteiger partial charge >= 0.3 is 0 Å². The average molecular weight is 386 g/mol. The summed E-state index contributed by atoms with van der Waals surface area (Å²) in [7, 11) is 0. The standard InChI is InChI=1S/C22H28ClN3O/c1-3-24-22(27)21-12-19(25-13-17-8-6-7-16(2)11-17)15-26(21)14-18-9-4-5-10-20(18)23/h4-11,19,21,25H,3,12-15H2,1-2H3,(H,24,27)/t19-,21+/m1/s1. The van der Waals surface area contributed by atoms with Crippen molar-refractivity contribution in [2.75, 3.05) is 13.1 Å². The molecule has 1 heterocycles. The molecular weight excluding hydrogens is 358 g/mol. The van der Waals surface area contributed by atoms with Gasteiger partial charge in [0, 0.05) is 37.2 Å². The van der Waals surface area contributed by atoms with Crippen LogP contribution in [0.15, 0.2) is 48.5 Å². The maximum Gasteiger partial charge on any atom is 0.237 e. The second-order valence-corrected chi connectivity index (χ2v) is 7.64. The van der Waals surface area contributed by atoms with Gasteiger partial charge in [0.05, 0.1) is 6.04 Å². The van der Waals surface area contributed by atoms with Gasteiger partial charge < -0.3 is 10.6 Å². The lowest BCUT2D eigenvalue weighted by Crippen LogP contribution is -2.42. The van der Waals surface area contributed by atoms with E-state index in [0.717, 1.165) is 30.1 Å². The summed E-state index contributed by atoms with van der Waals surface area (Å²) >= 11 is 6.34. The summed E-state index contributed by atoms with van der Waals surface area (Å²) in [5.41, 5.74) is 3.60. The quantitative estimate of drug-likeness (QED) is 0.766. The Morgan fingerprint density at radius 2 is 2.04 bits per heavy atom. The number of nitrogens with zero attached hydrogens (tertiary/aromatic N) is 1. The molecular formula is C22H28ClN3O. The Balaban J connectivity index is 1.67. The van der Waals surface area contributed by atoms with Crippen molar-refractivity contribution >= 4 is 17.5 Å². The molecule has 0 radical (unpaired) electrons. The third-order valence-corrected chi connectivity index (χ3v) is 5.43. The van der Waals surface area contributed by atoms with Crippen LogP contribution in [0.5, 0.6) is 0 Å². The fourth-order valence-corrected chi connectivity index (χ4v) is 3.92. The molecule has 3 rings (SSSR count). The second-order valence-electron chi connectivity index (χ2n) is 7.23. The Labute approximate surface area is 166 Å². The first-order chi connectivity index (χ1) is 13.1. The fourth-order valence-electron chi connectivity index (χ4n) is 3.72. The number of carbonyl (C=O) groups excluding carboxylic acids is 1. The normalized spacial score (nSPS) is 20.0. The number of nitrogens with one attached hydrogen (secondary N) is 2. The highest BCUT2D eigenvalue weighted by Gasteiger charge is 2.36. The monoisotopic (exact) mass is 385 g/mol. The Bertz CT molecular complexity index is 780. The molecule has 1 saturated heterocycles. The van der Waals surface area contributed by atoms with E-state index < -0.39 is 0 Å². The minimum absolute atomic E-state index is 0.101. The van der Waals surface area contributed by atoms with E-state index in [-0.39, 0.29) is 18.0 Å². The number of halogens is 1. The molecule has 144 valence electrons. The molecule has 2 atom stereocenters. The third-order valence-electron chi connectivity index (χ3n) is 5.07. The number of likely N-dealkylation sites (tertiary alicyclic amines) is 1. The largest absolute Gasteiger partial charge is 0.355 e. The molecule has 5 heteroatoms. The molecule has 4 nitrogen and oxygen atoms in total. The van der Waals surface area contributed by atoms with Crippen molar-refractivity contribution < 1.29 is 4.79 Å². The van der Waals surface area contributed by atoms with Crippen LogP contribution >= 0.6 is 11.6 Å². The van der Waals surface area contributed by atoms with Gasteiger partial charge in [-0.15, -0.1) is 0 Å². The van der Waals surface area contributed by atoms with E-state index in [9.17, 15) is 4.79 Å². The molecule has 1 fully saturated rings. The number of likely N-dealkylation sites (N-methyl/N-ethyl adjacent to an activating group) is 1. The summed E-state index contributed by atoms with van der Waals surface area (Å²) in [5.74, 6) is 0.101. The molecule has 0 spiro atoms. The van der Waals surface area contributed by atoms with E-state index in [1.54, 1.807) is 0 Å². The number of hydrogen-bond donors (Lipinski definition) is 2. The number of carbonyl (C=O) groups is 1. The predicted molar refractivity (Wildman–Crippen MR) is 111 cm³/mol. The number of benzene rings is 2. The maximum atomic E-state index is 12.6. The average Bonchev–Trinajstić information content (AvgIpc) is 3.05. The van der Waals surface area contributed by atoms with E-state index in [1.807, 2.05) is 31.2 Å². The van der Waals surface area contributed by atoms with Gasteiger partial charge in [-0.3, -0.25) is 9.69 Å². The zero-order valence-electron chi connectivity index (χ0n) is 16.0. The molecule has 2 aromatic rings. The SMILES string of the molecule is CCNC(=O)[C@@H]1C[C@@H](NCc2cccc(C)c2)CN1Cc1ccccc1Cl. The van der Waals surface area contributed by atoms with E-state index >= 15 is 0 Å². The van der Waals surface area contributed by atoms with Gasteiger partial charge in [0.1, 0.15) is 0 Å². The Hall–Kier alpha value is -1.88. The summed E-state index contributed by atoms with van der Waals surface area (Å²) in [5, 5.41) is 7.36. The summed E-state index contributed by atoms with van der Waals surface area (Å²) in [6.07, 6.45) is 0.808. The summed E-state index contributed by atoms with van der Waals surface area (Å²) < 4.78 is 0. The first kappa shape index (κ1) is 19.9. The van der Waals surface area contributed by atoms with Gasteiger partial charge in [0.2, 0.25) is 5.91 Å². The van der Waals surface area contributed by atoms with Crippen molar-refractivity contribution in [2.24, 2.45) is 0 Å². The minimum Gasteiger partial charge on any atom is -0.355 e. The van der Waals surface area contributed by atoms with E-state index in [1.165, 1.54) is 11.1 Å². The van der Waals surface area contributed by atoms with Crippen molar-refractivity contribution in [3.05, 3.63) is 70.2 Å². The highest BCUT2D eigenvalue weighted by atomic mass is 35.5. The number of amides is 1. The fraction of sp³-hybridized carbons (Fsp3) is 0.409. The maximum absolute atomic E-state index is 12.6. The second kappa shape index (κ2) is 9.36. The van der Waals surface area contributed by atoms with Crippen molar-refractivity contribution in [2.45, 2.75) is 45.4 Å². The van der Waals surface area contributed by atoms with E-state index in [0.29, 0.717) is 13.1 Å². The van der Waals surface area contributed by atoms with Crippen LogP contribution in [0.1, 0.15) is 30.0 Å². The molecule has 1 aliphatic rings. The molecule has 0 bridgehead atoms. The summed E-state index contributed by atoms with van der Waals surface area (Å²) in [6.45, 7) is 7.04. The van der Waals surface area contributed by atoms with Crippen LogP contribution in [-0.4, -0.2) is 36.0 Å².